The molecule has 3 aromatic carbocycles. The maximum absolute atomic E-state index is 13.7. The third kappa shape index (κ3) is 3.36. The fraction of sp³-hybridized carbons (Fsp3) is 0.192. The van der Waals surface area contributed by atoms with Gasteiger partial charge in [-0.15, -0.1) is 0 Å². The van der Waals surface area contributed by atoms with E-state index < -0.39 is 0 Å². The smallest absolute Gasteiger partial charge is 0.254 e. The van der Waals surface area contributed by atoms with Gasteiger partial charge in [0.25, 0.3) is 5.91 Å². The van der Waals surface area contributed by atoms with Gasteiger partial charge in [0, 0.05) is 48.5 Å². The van der Waals surface area contributed by atoms with Crippen molar-refractivity contribution in [2.24, 2.45) is 0 Å². The number of nitrogens with zero attached hydrogens (tertiary/aromatic N) is 2. The van der Waals surface area contributed by atoms with Gasteiger partial charge in [0.05, 0.1) is 6.04 Å². The van der Waals surface area contributed by atoms with E-state index in [0.717, 1.165) is 28.9 Å². The Hall–Kier alpha value is -3.60. The van der Waals surface area contributed by atoms with Gasteiger partial charge in [-0.2, -0.15) is 0 Å². The van der Waals surface area contributed by atoms with Crippen LogP contribution < -0.4 is 4.90 Å². The second-order valence-electron chi connectivity index (χ2n) is 8.21. The molecule has 0 saturated carbocycles. The summed E-state index contributed by atoms with van der Waals surface area (Å²) in [4.78, 5) is 21.1. The molecule has 1 aromatic heterocycles. The predicted octanol–water partition coefficient (Wildman–Crippen LogP) is 5.16. The highest BCUT2D eigenvalue weighted by Crippen LogP contribution is 2.39. The Kier molecular flexibility index (Phi) is 4.74. The van der Waals surface area contributed by atoms with E-state index in [1.165, 1.54) is 23.1 Å². The summed E-state index contributed by atoms with van der Waals surface area (Å²) < 4.78 is 13.7. The maximum atomic E-state index is 13.7. The third-order valence-electron chi connectivity index (χ3n) is 6.09. The number of rotatable bonds is 3. The van der Waals surface area contributed by atoms with Crippen LogP contribution in [-0.4, -0.2) is 36.4 Å². The van der Waals surface area contributed by atoms with Gasteiger partial charge >= 0.3 is 0 Å². The minimum atomic E-state index is -0.299. The van der Waals surface area contributed by atoms with Crippen LogP contribution in [0.25, 0.3) is 10.9 Å². The normalized spacial score (nSPS) is 15.7. The number of benzene rings is 3. The predicted molar refractivity (Wildman–Crippen MR) is 122 cm³/mol. The number of H-pyrrole nitrogens is 1. The lowest BCUT2D eigenvalue weighted by Gasteiger charge is -2.36. The number of aromatic nitrogens is 1. The van der Waals surface area contributed by atoms with Crippen LogP contribution in [-0.2, 0) is 6.42 Å². The Labute approximate surface area is 180 Å². The number of halogens is 1. The standard InChI is InChI=1S/C26H24FN3O/c1-29(2)20-7-5-6-18(16-20)26(31)30-15-14-22-21-8-3-4-9-23(21)28-24(22)25(30)17-10-12-19(27)13-11-17/h3-13,16,25,28H,14-15H2,1-2H3/t25-/m0/s1. The minimum absolute atomic E-state index is 0.0256. The summed E-state index contributed by atoms with van der Waals surface area (Å²) in [5, 5.41) is 1.19. The molecule has 4 aromatic rings. The summed E-state index contributed by atoms with van der Waals surface area (Å²) in [7, 11) is 3.92. The number of amides is 1. The number of para-hydroxylation sites is 1. The van der Waals surface area contributed by atoms with Gasteiger partial charge in [0.15, 0.2) is 0 Å². The first kappa shape index (κ1) is 19.4. The maximum Gasteiger partial charge on any atom is 0.254 e. The average molecular weight is 413 g/mol. The number of aromatic amines is 1. The van der Waals surface area contributed by atoms with Crippen LogP contribution in [0.5, 0.6) is 0 Å². The Morgan fingerprint density at radius 1 is 1.03 bits per heavy atom. The van der Waals surface area contributed by atoms with Gasteiger partial charge in [0.1, 0.15) is 5.82 Å². The molecule has 1 amide bonds. The van der Waals surface area contributed by atoms with E-state index in [2.05, 4.69) is 17.1 Å². The summed E-state index contributed by atoms with van der Waals surface area (Å²) in [6.07, 6.45) is 0.774. The summed E-state index contributed by atoms with van der Waals surface area (Å²) in [5.74, 6) is -0.310. The van der Waals surface area contributed by atoms with Crippen LogP contribution in [0.4, 0.5) is 10.1 Å². The molecule has 31 heavy (non-hydrogen) atoms. The van der Waals surface area contributed by atoms with Crippen molar-refractivity contribution < 1.29 is 9.18 Å². The lowest BCUT2D eigenvalue weighted by atomic mass is 9.91. The molecule has 0 bridgehead atoms. The van der Waals surface area contributed by atoms with Gasteiger partial charge in [0.2, 0.25) is 0 Å². The van der Waals surface area contributed by atoms with Crippen LogP contribution >= 0.6 is 0 Å². The molecule has 4 nitrogen and oxygen atoms in total. The molecule has 0 aliphatic carbocycles. The molecular weight excluding hydrogens is 389 g/mol. The molecule has 2 heterocycles. The molecule has 0 fully saturated rings. The Morgan fingerprint density at radius 2 is 1.81 bits per heavy atom. The van der Waals surface area contributed by atoms with Crippen LogP contribution in [0.3, 0.4) is 0 Å². The second kappa shape index (κ2) is 7.58. The summed E-state index contributed by atoms with van der Waals surface area (Å²) in [6.45, 7) is 0.599. The van der Waals surface area contributed by atoms with Gasteiger partial charge < -0.3 is 14.8 Å². The molecule has 1 aliphatic heterocycles. The monoisotopic (exact) mass is 413 g/mol. The van der Waals surface area contributed by atoms with Crippen molar-refractivity contribution in [1.82, 2.24) is 9.88 Å². The quantitative estimate of drug-likeness (QED) is 0.504. The summed E-state index contributed by atoms with van der Waals surface area (Å²) >= 11 is 0. The van der Waals surface area contributed by atoms with Crippen LogP contribution in [0.1, 0.15) is 33.2 Å². The van der Waals surface area contributed by atoms with E-state index in [4.69, 9.17) is 0 Å². The molecule has 156 valence electrons. The van der Waals surface area contributed by atoms with Crippen LogP contribution in [0.2, 0.25) is 0 Å². The highest BCUT2D eigenvalue weighted by molar-refractivity contribution is 5.96. The number of anilines is 1. The van der Waals surface area contributed by atoms with Crippen molar-refractivity contribution in [2.45, 2.75) is 12.5 Å². The van der Waals surface area contributed by atoms with Crippen molar-refractivity contribution in [3.63, 3.8) is 0 Å². The molecule has 1 aliphatic rings. The van der Waals surface area contributed by atoms with Crippen molar-refractivity contribution in [3.8, 4) is 0 Å². The Morgan fingerprint density at radius 3 is 2.58 bits per heavy atom. The molecule has 1 N–H and O–H groups in total. The molecule has 0 radical (unpaired) electrons. The van der Waals surface area contributed by atoms with Gasteiger partial charge in [-0.25, -0.2) is 4.39 Å². The molecule has 0 spiro atoms. The number of nitrogens with one attached hydrogen (secondary N) is 1. The van der Waals surface area contributed by atoms with E-state index in [9.17, 15) is 9.18 Å². The average Bonchev–Trinajstić information content (AvgIpc) is 3.17. The third-order valence-corrected chi connectivity index (χ3v) is 6.09. The Bertz CT molecular complexity index is 1260. The number of hydrogen-bond donors (Lipinski definition) is 1. The zero-order valence-corrected chi connectivity index (χ0v) is 17.6. The zero-order chi connectivity index (χ0) is 21.5. The van der Waals surface area contributed by atoms with Gasteiger partial charge in [-0.05, 0) is 53.9 Å². The van der Waals surface area contributed by atoms with Crippen LogP contribution in [0, 0.1) is 5.82 Å². The molecule has 5 heteroatoms. The first-order valence-electron chi connectivity index (χ1n) is 10.5. The zero-order valence-electron chi connectivity index (χ0n) is 17.6. The van der Waals surface area contributed by atoms with E-state index in [0.29, 0.717) is 12.1 Å². The van der Waals surface area contributed by atoms with E-state index >= 15 is 0 Å². The number of fused-ring (bicyclic) bond motifs is 3. The van der Waals surface area contributed by atoms with E-state index in [1.54, 1.807) is 12.1 Å². The van der Waals surface area contributed by atoms with Gasteiger partial charge in [-0.1, -0.05) is 36.4 Å². The van der Waals surface area contributed by atoms with E-state index in [-0.39, 0.29) is 17.8 Å². The Balaban J connectivity index is 1.63. The minimum Gasteiger partial charge on any atom is -0.378 e. The second-order valence-corrected chi connectivity index (χ2v) is 8.21. The number of carbonyl (C=O) groups is 1. The number of hydrogen-bond acceptors (Lipinski definition) is 2. The molecule has 0 saturated heterocycles. The first-order valence-corrected chi connectivity index (χ1v) is 10.5. The topological polar surface area (TPSA) is 39.3 Å². The number of carbonyl (C=O) groups excluding carboxylic acids is 1. The molecule has 5 rings (SSSR count). The first-order chi connectivity index (χ1) is 15.0. The fourth-order valence-electron chi connectivity index (χ4n) is 4.53. The van der Waals surface area contributed by atoms with Gasteiger partial charge in [-0.3, -0.25) is 4.79 Å². The molecular formula is C26H24FN3O. The summed E-state index contributed by atoms with van der Waals surface area (Å²) in [5.41, 5.74) is 5.83. The highest BCUT2D eigenvalue weighted by Gasteiger charge is 2.35. The van der Waals surface area contributed by atoms with E-state index in [1.807, 2.05) is 60.3 Å². The lowest BCUT2D eigenvalue weighted by molar-refractivity contribution is 0.0692. The van der Waals surface area contributed by atoms with Crippen LogP contribution in [0.15, 0.2) is 72.8 Å². The summed E-state index contributed by atoms with van der Waals surface area (Å²) in [6, 6.07) is 22.1. The molecule has 0 unspecified atom stereocenters. The van der Waals surface area contributed by atoms with Crippen molar-refractivity contribution >= 4 is 22.5 Å². The lowest BCUT2D eigenvalue weighted by Crippen LogP contribution is -2.40. The van der Waals surface area contributed by atoms with Crippen molar-refractivity contribution in [2.75, 3.05) is 25.5 Å². The fourth-order valence-corrected chi connectivity index (χ4v) is 4.53. The largest absolute Gasteiger partial charge is 0.378 e. The van der Waals surface area contributed by atoms with Crippen molar-refractivity contribution in [3.05, 3.63) is 101 Å². The SMILES string of the molecule is CN(C)c1cccc(C(=O)N2CCc3c([nH]c4ccccc34)[C@@H]2c2ccc(F)cc2)c1. The van der Waals surface area contributed by atoms with Crippen molar-refractivity contribution in [1.29, 1.82) is 0 Å². The highest BCUT2D eigenvalue weighted by atomic mass is 19.1. The molecule has 1 atom stereocenters.